The summed E-state index contributed by atoms with van der Waals surface area (Å²) in [5.74, 6) is 1.46. The van der Waals surface area contributed by atoms with E-state index in [1.807, 2.05) is 61.5 Å². The van der Waals surface area contributed by atoms with Crippen molar-refractivity contribution in [1.29, 1.82) is 0 Å². The van der Waals surface area contributed by atoms with E-state index >= 15 is 0 Å². The Balaban J connectivity index is 1.47. The van der Waals surface area contributed by atoms with Crippen LogP contribution in [0, 0.1) is 12.8 Å². The molecule has 2 aliphatic rings. The maximum Gasteiger partial charge on any atom is 0.282 e. The SMILES string of the molecule is Cc1ccc(C2=C(N3CCC(C)CC3)C(=O)N(c3ccc(Oc4ccccc4)cc3)C2=O)cc1. The summed E-state index contributed by atoms with van der Waals surface area (Å²) in [6, 6.07) is 24.4. The summed E-state index contributed by atoms with van der Waals surface area (Å²) in [6.45, 7) is 5.81. The molecule has 172 valence electrons. The monoisotopic (exact) mass is 452 g/mol. The lowest BCUT2D eigenvalue weighted by Crippen LogP contribution is -2.38. The van der Waals surface area contributed by atoms with Crippen LogP contribution >= 0.6 is 0 Å². The van der Waals surface area contributed by atoms with Gasteiger partial charge < -0.3 is 9.64 Å². The van der Waals surface area contributed by atoms with Crippen molar-refractivity contribution in [2.75, 3.05) is 18.0 Å². The van der Waals surface area contributed by atoms with Crippen molar-refractivity contribution in [1.82, 2.24) is 4.90 Å². The Labute approximate surface area is 200 Å². The number of rotatable bonds is 5. The lowest BCUT2D eigenvalue weighted by molar-refractivity contribution is -0.120. The molecule has 5 rings (SSSR count). The molecule has 34 heavy (non-hydrogen) atoms. The van der Waals surface area contributed by atoms with Gasteiger partial charge in [0.15, 0.2) is 0 Å². The zero-order chi connectivity index (χ0) is 23.7. The maximum atomic E-state index is 13.7. The molecule has 5 heteroatoms. The summed E-state index contributed by atoms with van der Waals surface area (Å²) in [7, 11) is 0. The number of benzene rings is 3. The van der Waals surface area contributed by atoms with Gasteiger partial charge in [0, 0.05) is 13.1 Å². The topological polar surface area (TPSA) is 49.9 Å². The molecule has 0 saturated carbocycles. The second-order valence-corrected chi connectivity index (χ2v) is 9.11. The van der Waals surface area contributed by atoms with Gasteiger partial charge in [-0.1, -0.05) is 55.0 Å². The molecule has 1 fully saturated rings. The van der Waals surface area contributed by atoms with Crippen LogP contribution in [0.4, 0.5) is 5.69 Å². The highest BCUT2D eigenvalue weighted by Crippen LogP contribution is 2.37. The van der Waals surface area contributed by atoms with Gasteiger partial charge in [0.2, 0.25) is 0 Å². The number of hydrogen-bond acceptors (Lipinski definition) is 4. The van der Waals surface area contributed by atoms with Gasteiger partial charge in [-0.25, -0.2) is 4.90 Å². The van der Waals surface area contributed by atoms with E-state index in [-0.39, 0.29) is 11.8 Å². The molecule has 0 unspecified atom stereocenters. The molecular weight excluding hydrogens is 424 g/mol. The molecule has 0 aliphatic carbocycles. The number of imide groups is 1. The number of anilines is 1. The first-order chi connectivity index (χ1) is 16.5. The lowest BCUT2D eigenvalue weighted by Gasteiger charge is -2.32. The molecule has 2 amide bonds. The minimum absolute atomic E-state index is 0.258. The Morgan fingerprint density at radius 3 is 2.03 bits per heavy atom. The smallest absolute Gasteiger partial charge is 0.282 e. The van der Waals surface area contributed by atoms with Crippen LogP contribution in [0.25, 0.3) is 5.57 Å². The van der Waals surface area contributed by atoms with Crippen LogP contribution in [0.2, 0.25) is 0 Å². The fraction of sp³-hybridized carbons (Fsp3) is 0.241. The van der Waals surface area contributed by atoms with Gasteiger partial charge in [-0.05, 0) is 67.6 Å². The van der Waals surface area contributed by atoms with Gasteiger partial charge in [-0.15, -0.1) is 0 Å². The molecule has 5 nitrogen and oxygen atoms in total. The summed E-state index contributed by atoms with van der Waals surface area (Å²) in [4.78, 5) is 30.8. The minimum Gasteiger partial charge on any atom is -0.457 e. The van der Waals surface area contributed by atoms with Crippen LogP contribution in [0.15, 0.2) is 84.6 Å². The number of amides is 2. The largest absolute Gasteiger partial charge is 0.457 e. The molecular formula is C29H28N2O3. The minimum atomic E-state index is -0.279. The standard InChI is InChI=1S/C29H28N2O3/c1-20-8-10-22(11-9-20)26-27(30-18-16-21(2)17-19-30)29(33)31(28(26)32)23-12-14-25(15-13-23)34-24-6-4-3-5-7-24/h3-15,21H,16-19H2,1-2H3. The molecule has 2 heterocycles. The number of piperidine rings is 1. The first kappa shape index (κ1) is 22.0. The fourth-order valence-electron chi connectivity index (χ4n) is 4.55. The van der Waals surface area contributed by atoms with Crippen LogP contribution in [0.5, 0.6) is 11.5 Å². The third kappa shape index (κ3) is 4.21. The number of para-hydroxylation sites is 1. The molecule has 3 aromatic carbocycles. The maximum absolute atomic E-state index is 13.7. The van der Waals surface area contributed by atoms with E-state index in [0.29, 0.717) is 28.6 Å². The molecule has 0 spiro atoms. The van der Waals surface area contributed by atoms with Crippen molar-refractivity contribution in [3.63, 3.8) is 0 Å². The van der Waals surface area contributed by atoms with E-state index in [4.69, 9.17) is 4.74 Å². The van der Waals surface area contributed by atoms with Crippen molar-refractivity contribution in [2.24, 2.45) is 5.92 Å². The number of hydrogen-bond donors (Lipinski definition) is 0. The summed E-state index contributed by atoms with van der Waals surface area (Å²) in [5, 5.41) is 0. The van der Waals surface area contributed by atoms with E-state index in [0.717, 1.165) is 42.8 Å². The number of nitrogens with zero attached hydrogens (tertiary/aromatic N) is 2. The van der Waals surface area contributed by atoms with Crippen LogP contribution in [0.1, 0.15) is 30.9 Å². The quantitative estimate of drug-likeness (QED) is 0.459. The van der Waals surface area contributed by atoms with Gasteiger partial charge in [-0.3, -0.25) is 9.59 Å². The molecule has 0 aromatic heterocycles. The van der Waals surface area contributed by atoms with Crippen LogP contribution in [-0.2, 0) is 9.59 Å². The number of ether oxygens (including phenoxy) is 1. The highest BCUT2D eigenvalue weighted by atomic mass is 16.5. The van der Waals surface area contributed by atoms with Crippen molar-refractivity contribution < 1.29 is 14.3 Å². The fourth-order valence-corrected chi connectivity index (χ4v) is 4.55. The third-order valence-corrected chi connectivity index (χ3v) is 6.57. The Hall–Kier alpha value is -3.86. The molecule has 0 bridgehead atoms. The molecule has 0 atom stereocenters. The van der Waals surface area contributed by atoms with Crippen molar-refractivity contribution in [3.05, 3.63) is 95.7 Å². The Kier molecular flexibility index (Phi) is 5.93. The van der Waals surface area contributed by atoms with Crippen LogP contribution in [0.3, 0.4) is 0 Å². The van der Waals surface area contributed by atoms with Crippen molar-refractivity contribution in [3.8, 4) is 11.5 Å². The average molecular weight is 453 g/mol. The highest BCUT2D eigenvalue weighted by molar-refractivity contribution is 6.45. The molecule has 0 N–H and O–H groups in total. The van der Waals surface area contributed by atoms with E-state index in [1.165, 1.54) is 4.90 Å². The highest BCUT2D eigenvalue weighted by Gasteiger charge is 2.42. The van der Waals surface area contributed by atoms with Gasteiger partial charge in [0.25, 0.3) is 11.8 Å². The van der Waals surface area contributed by atoms with Gasteiger partial charge in [0.05, 0.1) is 11.3 Å². The summed E-state index contributed by atoms with van der Waals surface area (Å²) >= 11 is 0. The van der Waals surface area contributed by atoms with Crippen molar-refractivity contribution >= 4 is 23.1 Å². The first-order valence-corrected chi connectivity index (χ1v) is 11.8. The normalized spacial score (nSPS) is 17.0. The van der Waals surface area contributed by atoms with Gasteiger partial charge >= 0.3 is 0 Å². The predicted octanol–water partition coefficient (Wildman–Crippen LogP) is 5.80. The number of aryl methyl sites for hydroxylation is 1. The Morgan fingerprint density at radius 2 is 1.38 bits per heavy atom. The molecule has 0 radical (unpaired) electrons. The zero-order valence-corrected chi connectivity index (χ0v) is 19.5. The van der Waals surface area contributed by atoms with Gasteiger partial charge in [-0.2, -0.15) is 0 Å². The summed E-state index contributed by atoms with van der Waals surface area (Å²) in [5.41, 5.74) is 3.44. The Bertz CT molecular complexity index is 1220. The predicted molar refractivity (Wildman–Crippen MR) is 134 cm³/mol. The van der Waals surface area contributed by atoms with Crippen molar-refractivity contribution in [2.45, 2.75) is 26.7 Å². The first-order valence-electron chi connectivity index (χ1n) is 11.8. The number of carbonyl (C=O) groups is 2. The van der Waals surface area contributed by atoms with E-state index in [2.05, 4.69) is 11.8 Å². The van der Waals surface area contributed by atoms with E-state index < -0.39 is 0 Å². The van der Waals surface area contributed by atoms with Crippen LogP contribution in [-0.4, -0.2) is 29.8 Å². The molecule has 1 saturated heterocycles. The van der Waals surface area contributed by atoms with E-state index in [9.17, 15) is 9.59 Å². The van der Waals surface area contributed by atoms with Gasteiger partial charge in [0.1, 0.15) is 17.2 Å². The second-order valence-electron chi connectivity index (χ2n) is 9.11. The number of likely N-dealkylation sites (tertiary alicyclic amines) is 1. The van der Waals surface area contributed by atoms with Crippen LogP contribution < -0.4 is 9.64 Å². The summed E-state index contributed by atoms with van der Waals surface area (Å²) < 4.78 is 5.87. The number of carbonyl (C=O) groups excluding carboxylic acids is 2. The molecule has 2 aliphatic heterocycles. The average Bonchev–Trinajstić information content (AvgIpc) is 3.11. The lowest BCUT2D eigenvalue weighted by atomic mass is 9.97. The third-order valence-electron chi connectivity index (χ3n) is 6.57. The van der Waals surface area contributed by atoms with E-state index in [1.54, 1.807) is 24.3 Å². The Morgan fingerprint density at radius 1 is 0.765 bits per heavy atom. The zero-order valence-electron chi connectivity index (χ0n) is 19.5. The summed E-state index contributed by atoms with van der Waals surface area (Å²) in [6.07, 6.45) is 2.02. The second kappa shape index (κ2) is 9.18. The molecule has 3 aromatic rings.